The predicted molar refractivity (Wildman–Crippen MR) is 199 cm³/mol. The fourth-order valence-electron chi connectivity index (χ4n) is 8.40. The summed E-state index contributed by atoms with van der Waals surface area (Å²) >= 11 is 0. The van der Waals surface area contributed by atoms with Crippen LogP contribution in [0.1, 0.15) is 57.6 Å². The normalized spacial score (nSPS) is 24.9. The third-order valence-corrected chi connectivity index (χ3v) is 11.2. The number of nitrogens with one attached hydrogen (secondary N) is 1. The van der Waals surface area contributed by atoms with Gasteiger partial charge in [0.15, 0.2) is 0 Å². The number of hydrogen-bond donors (Lipinski definition) is 2. The maximum absolute atomic E-state index is 15.1. The molecule has 3 aromatic rings. The molecular weight excluding hydrogens is 658 g/mol. The summed E-state index contributed by atoms with van der Waals surface area (Å²) in [6.07, 6.45) is 4.14. The van der Waals surface area contributed by atoms with Crippen molar-refractivity contribution in [3.63, 3.8) is 0 Å². The summed E-state index contributed by atoms with van der Waals surface area (Å²) in [6.45, 7) is 11.4. The molecule has 2 N–H and O–H groups in total. The summed E-state index contributed by atoms with van der Waals surface area (Å²) in [7, 11) is 0. The molecule has 10 heteroatoms. The predicted octanol–water partition coefficient (Wildman–Crippen LogP) is 5.51. The zero-order valence-corrected chi connectivity index (χ0v) is 30.0. The number of hydrogen-bond acceptors (Lipinski definition) is 7. The molecule has 2 bridgehead atoms. The molecule has 0 aromatic heterocycles. The number of esters is 1. The summed E-state index contributed by atoms with van der Waals surface area (Å²) in [5.41, 5.74) is 0.0313. The number of amides is 3. The van der Waals surface area contributed by atoms with Crippen LogP contribution in [0.15, 0.2) is 98.1 Å². The second kappa shape index (κ2) is 15.8. The topological polar surface area (TPSA) is 125 Å². The number of allylic oxidation sites excluding steroid dienone is 1. The average Bonchev–Trinajstić information content (AvgIpc) is 3.82. The minimum absolute atomic E-state index is 0.0455. The fraction of sp³-hybridized carbons (Fsp3) is 0.429. The molecule has 8 atom stereocenters. The summed E-state index contributed by atoms with van der Waals surface area (Å²) in [4.78, 5) is 60.0. The van der Waals surface area contributed by atoms with E-state index in [9.17, 15) is 19.5 Å². The number of likely N-dealkylation sites (tertiary alicyclic amines) is 1. The lowest BCUT2D eigenvalue weighted by atomic mass is 9.70. The van der Waals surface area contributed by atoms with E-state index >= 15 is 4.79 Å². The van der Waals surface area contributed by atoms with E-state index in [4.69, 9.17) is 9.47 Å². The smallest absolute Gasteiger partial charge is 0.313 e. The zero-order valence-electron chi connectivity index (χ0n) is 30.0. The van der Waals surface area contributed by atoms with Gasteiger partial charge in [0.2, 0.25) is 11.8 Å². The van der Waals surface area contributed by atoms with E-state index in [1.165, 1.54) is 4.90 Å². The van der Waals surface area contributed by atoms with Gasteiger partial charge in [0.05, 0.1) is 37.1 Å². The minimum Gasteiger partial charge on any atom is -0.455 e. The van der Waals surface area contributed by atoms with Crippen molar-refractivity contribution in [2.75, 3.05) is 24.6 Å². The van der Waals surface area contributed by atoms with Gasteiger partial charge < -0.3 is 29.7 Å². The number of anilines is 1. The van der Waals surface area contributed by atoms with Crippen molar-refractivity contribution >= 4 is 40.2 Å². The number of carbonyl (C=O) groups is 4. The van der Waals surface area contributed by atoms with Crippen LogP contribution in [-0.4, -0.2) is 77.2 Å². The summed E-state index contributed by atoms with van der Waals surface area (Å²) in [6, 6.07) is 21.0. The van der Waals surface area contributed by atoms with Gasteiger partial charge in [-0.15, -0.1) is 13.2 Å². The van der Waals surface area contributed by atoms with Crippen molar-refractivity contribution < 1.29 is 33.8 Å². The van der Waals surface area contributed by atoms with Gasteiger partial charge in [-0.1, -0.05) is 93.1 Å². The molecule has 3 aliphatic rings. The van der Waals surface area contributed by atoms with Crippen LogP contribution in [0.2, 0.25) is 0 Å². The molecular formula is C42H49N3O7. The van der Waals surface area contributed by atoms with Crippen LogP contribution in [-0.2, 0) is 28.7 Å². The van der Waals surface area contributed by atoms with E-state index in [1.54, 1.807) is 17.1 Å². The lowest BCUT2D eigenvalue weighted by molar-refractivity contribution is -0.161. The molecule has 6 rings (SSSR count). The number of nitrogens with zero attached hydrogens (tertiary/aromatic N) is 2. The maximum atomic E-state index is 15.1. The van der Waals surface area contributed by atoms with Gasteiger partial charge in [-0.25, -0.2) is 0 Å². The summed E-state index contributed by atoms with van der Waals surface area (Å²) in [5.74, 6) is -3.69. The zero-order chi connectivity index (χ0) is 37.0. The molecule has 3 aliphatic heterocycles. The van der Waals surface area contributed by atoms with Crippen LogP contribution in [0.4, 0.5) is 5.69 Å². The first-order valence-corrected chi connectivity index (χ1v) is 18.3. The van der Waals surface area contributed by atoms with Gasteiger partial charge in [-0.3, -0.25) is 19.2 Å². The van der Waals surface area contributed by atoms with Crippen molar-refractivity contribution in [1.29, 1.82) is 0 Å². The number of carbonyl (C=O) groups excluding carboxylic acids is 4. The van der Waals surface area contributed by atoms with Crippen LogP contribution in [0.3, 0.4) is 0 Å². The van der Waals surface area contributed by atoms with Crippen molar-refractivity contribution in [2.24, 2.45) is 17.8 Å². The first-order valence-electron chi connectivity index (χ1n) is 18.3. The molecule has 10 nitrogen and oxygen atoms in total. The van der Waals surface area contributed by atoms with Crippen molar-refractivity contribution in [3.05, 3.63) is 104 Å². The highest BCUT2D eigenvalue weighted by molar-refractivity contribution is 6.05. The van der Waals surface area contributed by atoms with E-state index in [-0.39, 0.29) is 43.8 Å². The summed E-state index contributed by atoms with van der Waals surface area (Å²) < 4.78 is 12.9. The molecule has 3 amide bonds. The Bertz CT molecular complexity index is 1810. The highest BCUT2D eigenvalue weighted by Crippen LogP contribution is 2.59. The number of aliphatic hydroxyl groups excluding tert-OH is 1. The Morgan fingerprint density at radius 3 is 2.50 bits per heavy atom. The number of ether oxygens (including phenoxy) is 2. The standard InChI is InChI=1S/C42H49N3O7/c1-5-8-18-35(47)43-25-34(29-15-10-9-11-16-29)51-41(50)36-33-21-22-42(52-33)37(36)39(48)45(32(26-46)27(4)7-3)38(42)40(49)44(23-6-2)31-20-19-28-14-12-13-17-30(28)24-31/h5-6,9-17,19-20,24,27,32-34,36-38,46H,1-2,7-8,18,21-23,25-26H2,3-4H3,(H,43,47)/t27-,32-,33+,34+,36-,37-,38+,42-/m0/s1. The Morgan fingerprint density at radius 1 is 1.08 bits per heavy atom. The molecule has 52 heavy (non-hydrogen) atoms. The molecule has 0 saturated carbocycles. The fourth-order valence-corrected chi connectivity index (χ4v) is 8.40. The first-order chi connectivity index (χ1) is 25.2. The molecule has 3 fully saturated rings. The van der Waals surface area contributed by atoms with E-state index in [0.29, 0.717) is 36.9 Å². The van der Waals surface area contributed by atoms with Crippen LogP contribution in [0, 0.1) is 17.8 Å². The highest BCUT2D eigenvalue weighted by Gasteiger charge is 2.76. The average molecular weight is 708 g/mol. The molecule has 3 aromatic carbocycles. The van der Waals surface area contributed by atoms with Crippen LogP contribution in [0.25, 0.3) is 10.8 Å². The van der Waals surface area contributed by atoms with E-state index in [1.807, 2.05) is 86.6 Å². The Morgan fingerprint density at radius 2 is 1.81 bits per heavy atom. The Kier molecular flexibility index (Phi) is 11.3. The largest absolute Gasteiger partial charge is 0.455 e. The van der Waals surface area contributed by atoms with Crippen molar-refractivity contribution in [3.8, 4) is 0 Å². The first kappa shape index (κ1) is 37.0. The van der Waals surface area contributed by atoms with Crippen LogP contribution in [0.5, 0.6) is 0 Å². The van der Waals surface area contributed by atoms with Gasteiger partial charge in [0.25, 0.3) is 5.91 Å². The van der Waals surface area contributed by atoms with Gasteiger partial charge in [-0.2, -0.15) is 0 Å². The van der Waals surface area contributed by atoms with Crippen molar-refractivity contribution in [2.45, 2.75) is 75.8 Å². The van der Waals surface area contributed by atoms with Crippen molar-refractivity contribution in [1.82, 2.24) is 10.2 Å². The van der Waals surface area contributed by atoms with E-state index < -0.39 is 53.6 Å². The van der Waals surface area contributed by atoms with Crippen LogP contribution < -0.4 is 10.2 Å². The second-order valence-electron chi connectivity index (χ2n) is 14.2. The Balaban J connectivity index is 1.36. The molecule has 0 aliphatic carbocycles. The number of benzene rings is 3. The van der Waals surface area contributed by atoms with Gasteiger partial charge in [0, 0.05) is 18.7 Å². The lowest BCUT2D eigenvalue weighted by Crippen LogP contribution is -2.60. The number of fused-ring (bicyclic) bond motifs is 2. The molecule has 274 valence electrons. The minimum atomic E-state index is -1.30. The Hall–Kier alpha value is -4.80. The maximum Gasteiger partial charge on any atom is 0.313 e. The van der Waals surface area contributed by atoms with Gasteiger partial charge in [-0.05, 0) is 53.6 Å². The number of rotatable bonds is 16. The quantitative estimate of drug-likeness (QED) is 0.149. The SMILES string of the molecule is C=CCCC(=O)NC[C@@H](OC(=O)[C@@H]1[C@H]2C(=O)N([C@@H](CO)[C@@H](C)CC)[C@H](C(=O)N(CC=C)c3ccc4ccccc4c3)[C@]23CC[C@H]1O3)c1ccccc1. The molecule has 0 radical (unpaired) electrons. The number of aliphatic hydroxyl groups is 1. The van der Waals surface area contributed by atoms with Gasteiger partial charge in [0.1, 0.15) is 17.7 Å². The van der Waals surface area contributed by atoms with E-state index in [2.05, 4.69) is 18.5 Å². The summed E-state index contributed by atoms with van der Waals surface area (Å²) in [5, 5.41) is 15.6. The molecule has 1 spiro atoms. The monoisotopic (exact) mass is 707 g/mol. The highest BCUT2D eigenvalue weighted by atomic mass is 16.6. The molecule has 3 saturated heterocycles. The third-order valence-electron chi connectivity index (χ3n) is 11.2. The lowest BCUT2D eigenvalue weighted by Gasteiger charge is -2.41. The second-order valence-corrected chi connectivity index (χ2v) is 14.2. The molecule has 0 unspecified atom stereocenters. The third kappa shape index (κ3) is 6.77. The van der Waals surface area contributed by atoms with E-state index in [0.717, 1.165) is 10.8 Å². The Labute approximate surface area is 305 Å². The molecule has 3 heterocycles. The van der Waals surface area contributed by atoms with Crippen LogP contribution >= 0.6 is 0 Å². The van der Waals surface area contributed by atoms with Gasteiger partial charge >= 0.3 is 5.97 Å².